The number of nitrogens with zero attached hydrogens (tertiary/aromatic N) is 1. The maximum Gasteiger partial charge on any atom is 0.237 e. The van der Waals surface area contributed by atoms with Gasteiger partial charge < -0.3 is 9.32 Å². The van der Waals surface area contributed by atoms with Crippen molar-refractivity contribution in [2.75, 3.05) is 6.54 Å². The zero-order valence-electron chi connectivity index (χ0n) is 12.6. The lowest BCUT2D eigenvalue weighted by Crippen LogP contribution is -2.26. The van der Waals surface area contributed by atoms with E-state index >= 15 is 0 Å². The van der Waals surface area contributed by atoms with Crippen LogP contribution in [0, 0.1) is 0 Å². The Morgan fingerprint density at radius 1 is 1.12 bits per heavy atom. The lowest BCUT2D eigenvalue weighted by molar-refractivity contribution is -0.128. The van der Waals surface area contributed by atoms with E-state index in [1.807, 2.05) is 42.5 Å². The smallest absolute Gasteiger partial charge is 0.237 e. The molecule has 0 spiro atoms. The Hall–Kier alpha value is -2.05. The Bertz CT molecular complexity index is 1060. The topological polar surface area (TPSA) is 67.6 Å². The number of rotatable bonds is 3. The Balaban J connectivity index is 1.65. The zero-order valence-corrected chi connectivity index (χ0v) is 14.2. The lowest BCUT2D eigenvalue weighted by Gasteiger charge is -2.16. The fourth-order valence-electron chi connectivity index (χ4n) is 3.17. The second-order valence-electron chi connectivity index (χ2n) is 6.00. The van der Waals surface area contributed by atoms with Crippen LogP contribution in [0.4, 0.5) is 0 Å². The summed E-state index contributed by atoms with van der Waals surface area (Å²) in [6.07, 6.45) is -0.0529. The van der Waals surface area contributed by atoms with Gasteiger partial charge in [0.2, 0.25) is 15.0 Å². The summed E-state index contributed by atoms with van der Waals surface area (Å²) in [6, 6.07) is 13.5. The molecule has 1 unspecified atom stereocenters. The second-order valence-corrected chi connectivity index (χ2v) is 8.91. The van der Waals surface area contributed by atoms with E-state index in [9.17, 15) is 13.2 Å². The molecule has 1 amide bonds. The molecule has 2 heterocycles. The molecule has 0 saturated carbocycles. The summed E-state index contributed by atoms with van der Waals surface area (Å²) in [5.74, 6) is -0.193. The molecule has 24 heavy (non-hydrogen) atoms. The van der Waals surface area contributed by atoms with Crippen molar-refractivity contribution in [3.63, 3.8) is 0 Å². The monoisotopic (exact) mass is 363 g/mol. The molecule has 7 heteroatoms. The van der Waals surface area contributed by atoms with Crippen molar-refractivity contribution in [3.8, 4) is 0 Å². The summed E-state index contributed by atoms with van der Waals surface area (Å²) >= 11 is 0. The van der Waals surface area contributed by atoms with Gasteiger partial charge in [-0.25, -0.2) is 8.42 Å². The van der Waals surface area contributed by atoms with E-state index in [2.05, 4.69) is 0 Å². The van der Waals surface area contributed by atoms with Crippen molar-refractivity contribution in [3.05, 3.63) is 48.0 Å². The Labute approximate surface area is 143 Å². The predicted octanol–water partition coefficient (Wildman–Crippen LogP) is 3.26. The highest BCUT2D eigenvalue weighted by Gasteiger charge is 2.37. The minimum Gasteiger partial charge on any atom is -0.456 e. The number of amides is 1. The highest BCUT2D eigenvalue weighted by molar-refractivity contribution is 8.14. The van der Waals surface area contributed by atoms with Gasteiger partial charge in [-0.1, -0.05) is 24.3 Å². The summed E-state index contributed by atoms with van der Waals surface area (Å²) in [5.41, 5.74) is 2.53. The first-order valence-electron chi connectivity index (χ1n) is 7.53. The van der Waals surface area contributed by atoms with E-state index < -0.39 is 14.3 Å². The third-order valence-corrected chi connectivity index (χ3v) is 6.26. The molecule has 2 aromatic carbocycles. The standard InChI is InChI=1S/C17H14ClNO4S/c18-24(21,22)12-8-17(20)19(10-12)9-11-5-6-16-14(7-11)13-3-1-2-4-15(13)23-16/h1-7,12H,8-10H2. The van der Waals surface area contributed by atoms with Gasteiger partial charge in [0.25, 0.3) is 0 Å². The minimum absolute atomic E-state index is 0.0529. The molecule has 1 aromatic heterocycles. The zero-order chi connectivity index (χ0) is 16.9. The second kappa shape index (κ2) is 5.50. The predicted molar refractivity (Wildman–Crippen MR) is 92.3 cm³/mol. The van der Waals surface area contributed by atoms with Gasteiger partial charge in [0.05, 0.1) is 0 Å². The number of benzene rings is 2. The van der Waals surface area contributed by atoms with Crippen LogP contribution in [0.2, 0.25) is 0 Å². The van der Waals surface area contributed by atoms with E-state index in [1.165, 1.54) is 4.90 Å². The fourth-order valence-corrected chi connectivity index (χ4v) is 4.23. The molecule has 1 saturated heterocycles. The summed E-state index contributed by atoms with van der Waals surface area (Å²) in [6.45, 7) is 0.492. The molecule has 1 fully saturated rings. The van der Waals surface area contributed by atoms with Crippen LogP contribution >= 0.6 is 10.7 Å². The van der Waals surface area contributed by atoms with Crippen LogP contribution in [0.3, 0.4) is 0 Å². The Morgan fingerprint density at radius 3 is 2.62 bits per heavy atom. The molecule has 5 nitrogen and oxygen atoms in total. The number of halogens is 1. The number of carbonyl (C=O) groups excluding carboxylic acids is 1. The van der Waals surface area contributed by atoms with Crippen LogP contribution in [-0.2, 0) is 20.4 Å². The highest BCUT2D eigenvalue weighted by Crippen LogP contribution is 2.30. The Morgan fingerprint density at radius 2 is 1.88 bits per heavy atom. The molecule has 3 aromatic rings. The molecule has 0 bridgehead atoms. The summed E-state index contributed by atoms with van der Waals surface area (Å²) in [4.78, 5) is 13.6. The number of hydrogen-bond acceptors (Lipinski definition) is 4. The first kappa shape index (κ1) is 15.5. The largest absolute Gasteiger partial charge is 0.456 e. The summed E-state index contributed by atoms with van der Waals surface area (Å²) in [7, 11) is 1.66. The first-order valence-corrected chi connectivity index (χ1v) is 9.90. The summed E-state index contributed by atoms with van der Waals surface area (Å²) < 4.78 is 28.7. The number of likely N-dealkylation sites (tertiary alicyclic amines) is 1. The molecule has 124 valence electrons. The highest BCUT2D eigenvalue weighted by atomic mass is 35.7. The SMILES string of the molecule is O=C1CC(S(=O)(=O)Cl)CN1Cc1ccc2oc3ccccc3c2c1. The van der Waals surface area contributed by atoms with Crippen molar-refractivity contribution >= 4 is 47.6 Å². The summed E-state index contributed by atoms with van der Waals surface area (Å²) in [5, 5.41) is 1.17. The minimum atomic E-state index is -3.72. The molecule has 4 rings (SSSR count). The average molecular weight is 364 g/mol. The Kier molecular flexibility index (Phi) is 3.54. The average Bonchev–Trinajstić information content (AvgIpc) is 3.08. The third kappa shape index (κ3) is 2.65. The molecule has 1 aliphatic rings. The molecular weight excluding hydrogens is 350 g/mol. The number of furan rings is 1. The van der Waals surface area contributed by atoms with Gasteiger partial charge in [0.1, 0.15) is 16.4 Å². The van der Waals surface area contributed by atoms with E-state index in [-0.39, 0.29) is 18.9 Å². The number of carbonyl (C=O) groups is 1. The van der Waals surface area contributed by atoms with Gasteiger partial charge in [-0.2, -0.15) is 0 Å². The third-order valence-electron chi connectivity index (χ3n) is 4.39. The van der Waals surface area contributed by atoms with Crippen molar-refractivity contribution in [1.82, 2.24) is 4.90 Å². The maximum absolute atomic E-state index is 12.0. The maximum atomic E-state index is 12.0. The van der Waals surface area contributed by atoms with Crippen LogP contribution < -0.4 is 0 Å². The fraction of sp³-hybridized carbons (Fsp3) is 0.235. The van der Waals surface area contributed by atoms with E-state index in [0.717, 1.165) is 27.5 Å². The van der Waals surface area contributed by atoms with Crippen LogP contribution in [-0.4, -0.2) is 31.0 Å². The van der Waals surface area contributed by atoms with Crippen LogP contribution in [0.25, 0.3) is 21.9 Å². The molecule has 0 N–H and O–H groups in total. The van der Waals surface area contributed by atoms with Crippen molar-refractivity contribution in [2.45, 2.75) is 18.2 Å². The lowest BCUT2D eigenvalue weighted by atomic mass is 10.1. The van der Waals surface area contributed by atoms with Crippen LogP contribution in [0.15, 0.2) is 46.9 Å². The van der Waals surface area contributed by atoms with Crippen LogP contribution in [0.5, 0.6) is 0 Å². The first-order chi connectivity index (χ1) is 11.4. The van der Waals surface area contributed by atoms with E-state index in [4.69, 9.17) is 15.1 Å². The van der Waals surface area contributed by atoms with Crippen molar-refractivity contribution < 1.29 is 17.6 Å². The van der Waals surface area contributed by atoms with Gasteiger partial charge in [-0.15, -0.1) is 0 Å². The van der Waals surface area contributed by atoms with E-state index in [1.54, 1.807) is 0 Å². The molecular formula is C17H14ClNO4S. The number of para-hydroxylation sites is 1. The quantitative estimate of drug-likeness (QED) is 0.670. The van der Waals surface area contributed by atoms with E-state index in [0.29, 0.717) is 6.54 Å². The molecule has 0 radical (unpaired) electrons. The normalized spacial score (nSPS) is 18.8. The molecule has 1 aliphatic heterocycles. The van der Waals surface area contributed by atoms with Crippen molar-refractivity contribution in [1.29, 1.82) is 0 Å². The molecule has 1 atom stereocenters. The van der Waals surface area contributed by atoms with Crippen molar-refractivity contribution in [2.24, 2.45) is 0 Å². The van der Waals surface area contributed by atoms with Gasteiger partial charge >= 0.3 is 0 Å². The van der Waals surface area contributed by atoms with Gasteiger partial charge in [0.15, 0.2) is 0 Å². The number of fused-ring (bicyclic) bond motifs is 3. The van der Waals surface area contributed by atoms with Gasteiger partial charge in [-0.05, 0) is 23.8 Å². The molecule has 0 aliphatic carbocycles. The van der Waals surface area contributed by atoms with Gasteiger partial charge in [0, 0.05) is 41.0 Å². The van der Waals surface area contributed by atoms with Crippen LogP contribution in [0.1, 0.15) is 12.0 Å². The van der Waals surface area contributed by atoms with Gasteiger partial charge in [-0.3, -0.25) is 4.79 Å². The number of hydrogen-bond donors (Lipinski definition) is 0.